The fourth-order valence-electron chi connectivity index (χ4n) is 2.03. The third-order valence-corrected chi connectivity index (χ3v) is 3.25. The lowest BCUT2D eigenvalue weighted by molar-refractivity contribution is 0.102. The van der Waals surface area contributed by atoms with Crippen molar-refractivity contribution in [2.75, 3.05) is 10.6 Å². The molecule has 0 bridgehead atoms. The van der Waals surface area contributed by atoms with E-state index in [0.717, 1.165) is 11.3 Å². The molecule has 5 nitrogen and oxygen atoms in total. The summed E-state index contributed by atoms with van der Waals surface area (Å²) in [6.45, 7) is 9.75. The number of anilines is 2. The van der Waals surface area contributed by atoms with E-state index in [-0.39, 0.29) is 11.4 Å². The van der Waals surface area contributed by atoms with Gasteiger partial charge in [-0.1, -0.05) is 11.6 Å². The monoisotopic (exact) mass is 332 g/mol. The fourth-order valence-corrected chi connectivity index (χ4v) is 2.26. The highest BCUT2D eigenvalue weighted by atomic mass is 35.5. The predicted molar refractivity (Wildman–Crippen MR) is 94.3 cm³/mol. The molecule has 0 atom stereocenters. The first-order valence-corrected chi connectivity index (χ1v) is 7.73. The average Bonchev–Trinajstić information content (AvgIpc) is 2.39. The number of aromatic nitrogens is 2. The molecule has 0 spiro atoms. The molecule has 122 valence electrons. The third-order valence-electron chi connectivity index (χ3n) is 3.01. The van der Waals surface area contributed by atoms with Gasteiger partial charge in [-0.25, -0.2) is 9.97 Å². The highest BCUT2D eigenvalue weighted by Gasteiger charge is 2.15. The molecule has 23 heavy (non-hydrogen) atoms. The van der Waals surface area contributed by atoms with Gasteiger partial charge >= 0.3 is 0 Å². The molecule has 0 saturated carbocycles. The SMILES string of the molecule is Cc1cc(C(=O)Nc2ccc(Cl)cc2C)nc(NC(C)(C)C)n1. The van der Waals surface area contributed by atoms with E-state index in [1.807, 2.05) is 34.6 Å². The quantitative estimate of drug-likeness (QED) is 0.883. The Hall–Kier alpha value is -2.14. The van der Waals surface area contributed by atoms with Crippen LogP contribution in [0.15, 0.2) is 24.3 Å². The molecule has 0 aliphatic carbocycles. The Bertz CT molecular complexity index is 738. The van der Waals surface area contributed by atoms with Crippen LogP contribution < -0.4 is 10.6 Å². The first-order chi connectivity index (χ1) is 10.6. The first-order valence-electron chi connectivity index (χ1n) is 7.35. The Morgan fingerprint density at radius 2 is 1.83 bits per heavy atom. The number of carbonyl (C=O) groups excluding carboxylic acids is 1. The van der Waals surface area contributed by atoms with Gasteiger partial charge in [0.25, 0.3) is 5.91 Å². The molecule has 1 aromatic carbocycles. The van der Waals surface area contributed by atoms with E-state index in [2.05, 4.69) is 20.6 Å². The van der Waals surface area contributed by atoms with Crippen molar-refractivity contribution < 1.29 is 4.79 Å². The lowest BCUT2D eigenvalue weighted by Gasteiger charge is -2.21. The van der Waals surface area contributed by atoms with Crippen molar-refractivity contribution in [2.24, 2.45) is 0 Å². The van der Waals surface area contributed by atoms with Crippen LogP contribution in [0.2, 0.25) is 5.02 Å². The van der Waals surface area contributed by atoms with Gasteiger partial charge in [0, 0.05) is 21.9 Å². The number of amides is 1. The highest BCUT2D eigenvalue weighted by molar-refractivity contribution is 6.30. The molecule has 0 aliphatic rings. The standard InChI is InChI=1S/C17H21ClN4O/c1-10-8-12(18)6-7-13(10)20-15(23)14-9-11(2)19-16(21-14)22-17(3,4)5/h6-9H,1-5H3,(H,20,23)(H,19,21,22). The van der Waals surface area contributed by atoms with Gasteiger partial charge in [0.05, 0.1) is 0 Å². The Morgan fingerprint density at radius 3 is 2.43 bits per heavy atom. The van der Waals surface area contributed by atoms with Crippen molar-refractivity contribution in [3.05, 3.63) is 46.2 Å². The summed E-state index contributed by atoms with van der Waals surface area (Å²) in [5, 5.41) is 6.67. The zero-order valence-corrected chi connectivity index (χ0v) is 14.7. The summed E-state index contributed by atoms with van der Waals surface area (Å²) in [7, 11) is 0. The van der Waals surface area contributed by atoms with E-state index in [1.165, 1.54) is 0 Å². The summed E-state index contributed by atoms with van der Waals surface area (Å²) < 4.78 is 0. The summed E-state index contributed by atoms with van der Waals surface area (Å²) in [6, 6.07) is 6.98. The molecule has 0 aliphatic heterocycles. The molecule has 1 aromatic heterocycles. The number of nitrogens with one attached hydrogen (secondary N) is 2. The average molecular weight is 333 g/mol. The second-order valence-electron chi connectivity index (χ2n) is 6.51. The maximum atomic E-state index is 12.5. The van der Waals surface area contributed by atoms with E-state index < -0.39 is 0 Å². The van der Waals surface area contributed by atoms with Crippen LogP contribution >= 0.6 is 11.6 Å². The summed E-state index contributed by atoms with van der Waals surface area (Å²) >= 11 is 5.93. The number of halogens is 1. The zero-order chi connectivity index (χ0) is 17.2. The number of benzene rings is 1. The van der Waals surface area contributed by atoms with Crippen LogP contribution in [-0.2, 0) is 0 Å². The largest absolute Gasteiger partial charge is 0.350 e. The van der Waals surface area contributed by atoms with Gasteiger partial charge in [0.2, 0.25) is 5.95 Å². The third kappa shape index (κ3) is 4.93. The zero-order valence-electron chi connectivity index (χ0n) is 14.0. The van der Waals surface area contributed by atoms with Crippen LogP contribution in [0.3, 0.4) is 0 Å². The molecule has 0 radical (unpaired) electrons. The number of aryl methyl sites for hydroxylation is 2. The van der Waals surface area contributed by atoms with Crippen molar-refractivity contribution in [2.45, 2.75) is 40.2 Å². The number of hydrogen-bond donors (Lipinski definition) is 2. The molecule has 1 amide bonds. The summed E-state index contributed by atoms with van der Waals surface area (Å²) in [5.41, 5.74) is 2.46. The topological polar surface area (TPSA) is 66.9 Å². The maximum absolute atomic E-state index is 12.5. The molecule has 6 heteroatoms. The molecule has 0 saturated heterocycles. The Labute approximate surface area is 141 Å². The van der Waals surface area contributed by atoms with Gasteiger partial charge in [-0.2, -0.15) is 0 Å². The minimum absolute atomic E-state index is 0.186. The lowest BCUT2D eigenvalue weighted by Crippen LogP contribution is -2.28. The number of hydrogen-bond acceptors (Lipinski definition) is 4. The van der Waals surface area contributed by atoms with Gasteiger partial charge in [-0.15, -0.1) is 0 Å². The molecular weight excluding hydrogens is 312 g/mol. The van der Waals surface area contributed by atoms with Crippen LogP contribution in [0.5, 0.6) is 0 Å². The molecule has 0 fully saturated rings. The fraction of sp³-hybridized carbons (Fsp3) is 0.353. The lowest BCUT2D eigenvalue weighted by atomic mass is 10.1. The van der Waals surface area contributed by atoms with E-state index in [4.69, 9.17) is 11.6 Å². The maximum Gasteiger partial charge on any atom is 0.274 e. The van der Waals surface area contributed by atoms with E-state index in [1.54, 1.807) is 24.3 Å². The van der Waals surface area contributed by atoms with Crippen LogP contribution in [0.25, 0.3) is 0 Å². The first kappa shape index (κ1) is 17.2. The Kier molecular flexibility index (Phi) is 4.90. The number of nitrogens with zero attached hydrogens (tertiary/aromatic N) is 2. The second kappa shape index (κ2) is 6.54. The normalized spacial score (nSPS) is 11.2. The summed E-state index contributed by atoms with van der Waals surface area (Å²) in [6.07, 6.45) is 0. The van der Waals surface area contributed by atoms with E-state index in [9.17, 15) is 4.79 Å². The van der Waals surface area contributed by atoms with Gasteiger partial charge in [0.15, 0.2) is 0 Å². The highest BCUT2D eigenvalue weighted by Crippen LogP contribution is 2.20. The molecule has 2 aromatic rings. The van der Waals surface area contributed by atoms with Crippen LogP contribution in [0.4, 0.5) is 11.6 Å². The van der Waals surface area contributed by atoms with Gasteiger partial charge < -0.3 is 10.6 Å². The Morgan fingerprint density at radius 1 is 1.13 bits per heavy atom. The van der Waals surface area contributed by atoms with Crippen molar-refractivity contribution in [1.82, 2.24) is 9.97 Å². The van der Waals surface area contributed by atoms with Crippen LogP contribution in [-0.4, -0.2) is 21.4 Å². The summed E-state index contributed by atoms with van der Waals surface area (Å²) in [5.74, 6) is 0.161. The molecule has 2 rings (SSSR count). The van der Waals surface area contributed by atoms with E-state index in [0.29, 0.717) is 22.4 Å². The van der Waals surface area contributed by atoms with Crippen molar-refractivity contribution in [3.63, 3.8) is 0 Å². The molecular formula is C17H21ClN4O. The predicted octanol–water partition coefficient (Wildman–Crippen LogP) is 4.21. The van der Waals surface area contributed by atoms with Crippen molar-refractivity contribution in [1.29, 1.82) is 0 Å². The molecule has 1 heterocycles. The number of carbonyl (C=O) groups is 1. The van der Waals surface area contributed by atoms with E-state index >= 15 is 0 Å². The van der Waals surface area contributed by atoms with Crippen molar-refractivity contribution >= 4 is 29.1 Å². The minimum Gasteiger partial charge on any atom is -0.350 e. The Balaban J connectivity index is 2.25. The van der Waals surface area contributed by atoms with Gasteiger partial charge in [0.1, 0.15) is 5.69 Å². The number of rotatable bonds is 3. The minimum atomic E-state index is -0.280. The van der Waals surface area contributed by atoms with Crippen molar-refractivity contribution in [3.8, 4) is 0 Å². The van der Waals surface area contributed by atoms with Gasteiger partial charge in [-0.3, -0.25) is 4.79 Å². The molecule has 0 unspecified atom stereocenters. The van der Waals surface area contributed by atoms with Gasteiger partial charge in [-0.05, 0) is 64.4 Å². The smallest absolute Gasteiger partial charge is 0.274 e. The van der Waals surface area contributed by atoms with Crippen LogP contribution in [0.1, 0.15) is 42.5 Å². The second-order valence-corrected chi connectivity index (χ2v) is 6.94. The van der Waals surface area contributed by atoms with Crippen LogP contribution in [0, 0.1) is 13.8 Å². The summed E-state index contributed by atoms with van der Waals surface area (Å²) in [4.78, 5) is 21.1. The molecule has 2 N–H and O–H groups in total.